The van der Waals surface area contributed by atoms with E-state index >= 15 is 0 Å². The minimum atomic E-state index is -4.46. The molecule has 1 heterocycles. The molecule has 3 rings (SSSR count). The van der Waals surface area contributed by atoms with E-state index < -0.39 is 17.8 Å². The Morgan fingerprint density at radius 1 is 1.27 bits per heavy atom. The zero-order valence-corrected chi connectivity index (χ0v) is 12.6. The highest BCUT2D eigenvalue weighted by Gasteiger charge is 2.44. The lowest BCUT2D eigenvalue weighted by Gasteiger charge is -2.26. The number of carbonyl (C=O) groups excluding carboxylic acids is 1. The summed E-state index contributed by atoms with van der Waals surface area (Å²) in [7, 11) is 0. The fourth-order valence-corrected chi connectivity index (χ4v) is 3.16. The monoisotopic (exact) mass is 312 g/mol. The van der Waals surface area contributed by atoms with E-state index in [9.17, 15) is 18.0 Å². The van der Waals surface area contributed by atoms with Gasteiger partial charge in [-0.3, -0.25) is 4.90 Å². The van der Waals surface area contributed by atoms with E-state index in [1.807, 2.05) is 13.8 Å². The quantitative estimate of drug-likeness (QED) is 0.890. The van der Waals surface area contributed by atoms with Gasteiger partial charge in [0, 0.05) is 13.1 Å². The molecule has 0 aromatic heterocycles. The van der Waals surface area contributed by atoms with Gasteiger partial charge in [-0.25, -0.2) is 4.79 Å². The molecule has 1 aromatic rings. The number of alkyl halides is 3. The number of amides is 2. The Balaban J connectivity index is 2.22. The Kier molecular flexibility index (Phi) is 3.57. The topological polar surface area (TPSA) is 32.3 Å². The molecule has 1 saturated heterocycles. The SMILES string of the molecule is CC(C)c1ccc(N2CCNC2=O)c(C(F)(F)F)c1C1CC1. The van der Waals surface area contributed by atoms with Gasteiger partial charge in [0.2, 0.25) is 0 Å². The van der Waals surface area contributed by atoms with Gasteiger partial charge in [-0.2, -0.15) is 13.2 Å². The van der Waals surface area contributed by atoms with Gasteiger partial charge in [0.1, 0.15) is 0 Å². The summed E-state index contributed by atoms with van der Waals surface area (Å²) in [4.78, 5) is 13.0. The van der Waals surface area contributed by atoms with Crippen LogP contribution in [0.3, 0.4) is 0 Å². The largest absolute Gasteiger partial charge is 0.418 e. The van der Waals surface area contributed by atoms with Crippen LogP contribution in [0.2, 0.25) is 0 Å². The molecule has 1 aliphatic heterocycles. The van der Waals surface area contributed by atoms with Crippen LogP contribution in [0.5, 0.6) is 0 Å². The number of hydrogen-bond donors (Lipinski definition) is 1. The Bertz CT molecular complexity index is 606. The van der Waals surface area contributed by atoms with E-state index in [1.54, 1.807) is 6.07 Å². The molecular formula is C16H19F3N2O. The van der Waals surface area contributed by atoms with Gasteiger partial charge >= 0.3 is 12.2 Å². The molecule has 1 N–H and O–H groups in total. The number of hydrogen-bond acceptors (Lipinski definition) is 1. The first-order valence-corrected chi connectivity index (χ1v) is 7.60. The van der Waals surface area contributed by atoms with Crippen molar-refractivity contribution < 1.29 is 18.0 Å². The lowest BCUT2D eigenvalue weighted by molar-refractivity contribution is -0.137. The first-order chi connectivity index (χ1) is 10.3. The maximum absolute atomic E-state index is 13.8. The van der Waals surface area contributed by atoms with Crippen LogP contribution < -0.4 is 10.2 Å². The van der Waals surface area contributed by atoms with Gasteiger partial charge in [0.25, 0.3) is 0 Å². The van der Waals surface area contributed by atoms with Crippen LogP contribution in [0, 0.1) is 0 Å². The lowest BCUT2D eigenvalue weighted by atomic mass is 9.88. The van der Waals surface area contributed by atoms with Crippen molar-refractivity contribution in [3.8, 4) is 0 Å². The molecule has 0 radical (unpaired) electrons. The van der Waals surface area contributed by atoms with E-state index in [-0.39, 0.29) is 24.1 Å². The standard InChI is InChI=1S/C16H19F3N2O/c1-9(2)11-5-6-12(21-8-7-20-15(21)22)14(16(17,18)19)13(11)10-3-4-10/h5-6,9-10H,3-4,7-8H2,1-2H3,(H,20,22). The van der Waals surface area contributed by atoms with E-state index in [0.29, 0.717) is 12.1 Å². The van der Waals surface area contributed by atoms with Crippen molar-refractivity contribution in [2.45, 2.75) is 44.7 Å². The maximum atomic E-state index is 13.8. The summed E-state index contributed by atoms with van der Waals surface area (Å²) in [6.45, 7) is 4.46. The van der Waals surface area contributed by atoms with Crippen molar-refractivity contribution in [2.24, 2.45) is 0 Å². The second-order valence-electron chi connectivity index (χ2n) is 6.27. The van der Waals surface area contributed by atoms with Crippen LogP contribution in [-0.4, -0.2) is 19.1 Å². The second-order valence-corrected chi connectivity index (χ2v) is 6.27. The highest BCUT2D eigenvalue weighted by atomic mass is 19.4. The van der Waals surface area contributed by atoms with Crippen molar-refractivity contribution >= 4 is 11.7 Å². The number of rotatable bonds is 3. The average Bonchev–Trinajstić information content (AvgIpc) is 3.18. The molecule has 3 nitrogen and oxygen atoms in total. The zero-order valence-electron chi connectivity index (χ0n) is 12.6. The van der Waals surface area contributed by atoms with E-state index in [0.717, 1.165) is 18.4 Å². The Hall–Kier alpha value is -1.72. The highest BCUT2D eigenvalue weighted by molar-refractivity contribution is 5.95. The second kappa shape index (κ2) is 5.18. The maximum Gasteiger partial charge on any atom is 0.418 e. The third-order valence-electron chi connectivity index (χ3n) is 4.30. The molecule has 2 aliphatic rings. The van der Waals surface area contributed by atoms with Gasteiger partial charge in [-0.15, -0.1) is 0 Å². The predicted octanol–water partition coefficient (Wildman–Crippen LogP) is 4.24. The third kappa shape index (κ3) is 2.55. The van der Waals surface area contributed by atoms with Gasteiger partial charge in [0.05, 0.1) is 11.3 Å². The molecule has 0 bridgehead atoms. The lowest BCUT2D eigenvalue weighted by Crippen LogP contribution is -2.30. The van der Waals surface area contributed by atoms with Crippen molar-refractivity contribution in [3.05, 3.63) is 28.8 Å². The van der Waals surface area contributed by atoms with Gasteiger partial charge in [-0.05, 0) is 41.9 Å². The van der Waals surface area contributed by atoms with Crippen LogP contribution in [0.25, 0.3) is 0 Å². The summed E-state index contributed by atoms with van der Waals surface area (Å²) in [5.74, 6) is -0.00204. The van der Waals surface area contributed by atoms with E-state index in [2.05, 4.69) is 5.32 Å². The molecule has 6 heteroatoms. The smallest absolute Gasteiger partial charge is 0.336 e. The molecule has 1 aromatic carbocycles. The Labute approximate surface area is 127 Å². The van der Waals surface area contributed by atoms with Crippen molar-refractivity contribution in [2.75, 3.05) is 18.0 Å². The van der Waals surface area contributed by atoms with Crippen LogP contribution in [0.4, 0.5) is 23.7 Å². The summed E-state index contributed by atoms with van der Waals surface area (Å²) in [6.07, 6.45) is -2.88. The van der Waals surface area contributed by atoms with E-state index in [1.165, 1.54) is 11.0 Å². The average molecular weight is 312 g/mol. The molecular weight excluding hydrogens is 293 g/mol. The summed E-state index contributed by atoms with van der Waals surface area (Å²) in [5.41, 5.74) is 0.532. The van der Waals surface area contributed by atoms with Crippen molar-refractivity contribution in [1.82, 2.24) is 5.32 Å². The molecule has 120 valence electrons. The predicted molar refractivity (Wildman–Crippen MR) is 78.3 cm³/mol. The number of benzene rings is 1. The normalized spacial score (nSPS) is 19.0. The number of urea groups is 1. The first-order valence-electron chi connectivity index (χ1n) is 7.60. The first kappa shape index (κ1) is 15.2. The number of halogens is 3. The van der Waals surface area contributed by atoms with Crippen LogP contribution >= 0.6 is 0 Å². The van der Waals surface area contributed by atoms with Crippen LogP contribution in [-0.2, 0) is 6.18 Å². The zero-order chi connectivity index (χ0) is 16.1. The minimum absolute atomic E-state index is 0.00574. The molecule has 2 amide bonds. The molecule has 2 fully saturated rings. The number of nitrogens with one attached hydrogen (secondary N) is 1. The number of carbonyl (C=O) groups is 1. The van der Waals surface area contributed by atoms with Crippen molar-refractivity contribution in [3.63, 3.8) is 0 Å². The molecule has 0 unspecified atom stereocenters. The van der Waals surface area contributed by atoms with E-state index in [4.69, 9.17) is 0 Å². The van der Waals surface area contributed by atoms with Gasteiger partial charge in [0.15, 0.2) is 0 Å². The minimum Gasteiger partial charge on any atom is -0.336 e. The van der Waals surface area contributed by atoms with Crippen molar-refractivity contribution in [1.29, 1.82) is 0 Å². The number of nitrogens with zero attached hydrogens (tertiary/aromatic N) is 1. The Morgan fingerprint density at radius 2 is 1.95 bits per heavy atom. The molecule has 22 heavy (non-hydrogen) atoms. The van der Waals surface area contributed by atoms with Gasteiger partial charge < -0.3 is 5.32 Å². The third-order valence-corrected chi connectivity index (χ3v) is 4.30. The summed E-state index contributed by atoms with van der Waals surface area (Å²) >= 11 is 0. The van der Waals surface area contributed by atoms with Crippen LogP contribution in [0.15, 0.2) is 12.1 Å². The van der Waals surface area contributed by atoms with Gasteiger partial charge in [-0.1, -0.05) is 19.9 Å². The summed E-state index contributed by atoms with van der Waals surface area (Å²) < 4.78 is 41.3. The summed E-state index contributed by atoms with van der Waals surface area (Å²) in [6, 6.07) is 2.76. The Morgan fingerprint density at radius 3 is 2.41 bits per heavy atom. The summed E-state index contributed by atoms with van der Waals surface area (Å²) in [5, 5.41) is 2.57. The molecule has 1 aliphatic carbocycles. The molecule has 0 atom stereocenters. The molecule has 1 saturated carbocycles. The fourth-order valence-electron chi connectivity index (χ4n) is 3.16. The molecule has 0 spiro atoms. The van der Waals surface area contributed by atoms with Crippen LogP contribution in [0.1, 0.15) is 55.2 Å². The highest BCUT2D eigenvalue weighted by Crippen LogP contribution is 2.51. The number of anilines is 1. The fraction of sp³-hybridized carbons (Fsp3) is 0.562.